The fourth-order valence-electron chi connectivity index (χ4n) is 11.1. The van der Waals surface area contributed by atoms with Crippen LogP contribution in [0.3, 0.4) is 0 Å². The number of rotatable bonds is 26. The molecule has 12 nitrogen and oxygen atoms in total. The highest BCUT2D eigenvalue weighted by atomic mass is 31.2. The predicted octanol–water partition coefficient (Wildman–Crippen LogP) is 9.01. The quantitative estimate of drug-likeness (QED) is 0.0521. The number of nitrogens with two attached hydrogens (primary N) is 1. The molecule has 1 aromatic rings. The average molecular weight is 876 g/mol. The van der Waals surface area contributed by atoms with Gasteiger partial charge in [-0.2, -0.15) is 0 Å². The summed E-state index contributed by atoms with van der Waals surface area (Å²) in [4.78, 5) is 25.5. The summed E-state index contributed by atoms with van der Waals surface area (Å²) in [5, 5.41) is 16.3. The summed E-state index contributed by atoms with van der Waals surface area (Å²) in [5.41, 5.74) is 8.76. The molecule has 0 bridgehead atoms. The molecule has 3 saturated carbocycles. The maximum atomic E-state index is 14.3. The number of methoxy groups -OCH3 is 1. The van der Waals surface area contributed by atoms with E-state index in [-0.39, 0.29) is 29.4 Å². The lowest BCUT2D eigenvalue weighted by Gasteiger charge is -2.50. The second-order valence-electron chi connectivity index (χ2n) is 19.0. The van der Waals surface area contributed by atoms with Gasteiger partial charge in [0.25, 0.3) is 0 Å². The summed E-state index contributed by atoms with van der Waals surface area (Å²) in [6, 6.07) is 5.85. The first-order chi connectivity index (χ1) is 29.4. The molecule has 61 heavy (non-hydrogen) atoms. The number of ether oxygens (including phenoxy) is 2. The Morgan fingerprint density at radius 3 is 2.26 bits per heavy atom. The van der Waals surface area contributed by atoms with Crippen molar-refractivity contribution < 1.29 is 42.3 Å². The molecule has 5 rings (SSSR count). The van der Waals surface area contributed by atoms with Crippen molar-refractivity contribution in [2.75, 3.05) is 40.0 Å². The predicted molar refractivity (Wildman–Crippen MR) is 240 cm³/mol. The van der Waals surface area contributed by atoms with Crippen LogP contribution in [0, 0.1) is 35.0 Å². The molecule has 0 radical (unpaired) electrons. The highest BCUT2D eigenvalue weighted by Gasteiger charge is 2.55. The zero-order valence-electron chi connectivity index (χ0n) is 38.5. The maximum absolute atomic E-state index is 14.3. The van der Waals surface area contributed by atoms with Crippen LogP contribution in [0.5, 0.6) is 5.75 Å². The van der Waals surface area contributed by atoms with Gasteiger partial charge in [0.05, 0.1) is 44.1 Å². The number of phosphoric ester groups is 1. The van der Waals surface area contributed by atoms with Gasteiger partial charge in [-0.3, -0.25) is 18.6 Å². The SMILES string of the molecule is CCCCC(CC)COP(=O)(OCC(CC)CCCC)Oc1ccc2c(c1)CCC1C2CCC2(C)C(OCCC(=O)NCCCNC(=O)C3C(OC)CCC(N)C3O)CCC12. The van der Waals surface area contributed by atoms with Crippen LogP contribution in [0.25, 0.3) is 0 Å². The van der Waals surface area contributed by atoms with E-state index in [0.29, 0.717) is 93.9 Å². The molecule has 0 saturated heterocycles. The molecule has 5 N–H and O–H groups in total. The molecule has 0 aliphatic heterocycles. The fourth-order valence-corrected chi connectivity index (χ4v) is 12.4. The number of carbonyl (C=O) groups is 2. The van der Waals surface area contributed by atoms with E-state index >= 15 is 0 Å². The first kappa shape index (κ1) is 50.0. The van der Waals surface area contributed by atoms with Gasteiger partial charge in [-0.15, -0.1) is 0 Å². The second kappa shape index (κ2) is 24.3. The number of fused-ring (bicyclic) bond motifs is 5. The van der Waals surface area contributed by atoms with Crippen LogP contribution in [0.1, 0.15) is 161 Å². The lowest BCUT2D eigenvalue weighted by atomic mass is 9.55. The zero-order chi connectivity index (χ0) is 44.0. The van der Waals surface area contributed by atoms with Gasteiger partial charge < -0.3 is 35.5 Å². The standard InChI is InChI=1S/C48H82N3O9P/c1-7-11-14-33(9-3)31-58-61(55,59-32-34(10-4)15-12-8-2)60-36-17-19-37-35(30-36)16-18-39-38(37)24-26-48(5)40(39)20-23-43(48)57-29-25-44(52)50-27-13-28-51-47(54)45-42(56-6)22-21-41(49)46(45)53/h17,19,30,33-34,38-43,45-46,53H,7-16,18,20-29,31-32,49H2,1-6H3,(H,50,52)(H,51,54). The fraction of sp³-hybridized carbons (Fsp3) is 0.833. The Labute approximate surface area is 367 Å². The summed E-state index contributed by atoms with van der Waals surface area (Å²) in [7, 11) is -2.29. The van der Waals surface area contributed by atoms with Gasteiger partial charge >= 0.3 is 7.82 Å². The first-order valence-corrected chi connectivity index (χ1v) is 25.7. The molecule has 4 aliphatic rings. The minimum atomic E-state index is -3.84. The molecule has 0 spiro atoms. The summed E-state index contributed by atoms with van der Waals surface area (Å²) in [6.45, 7) is 13.1. The highest BCUT2D eigenvalue weighted by molar-refractivity contribution is 7.48. The summed E-state index contributed by atoms with van der Waals surface area (Å²) >= 11 is 0. The van der Waals surface area contributed by atoms with Crippen molar-refractivity contribution in [3.63, 3.8) is 0 Å². The smallest absolute Gasteiger partial charge is 0.404 e. The molecule has 4 aliphatic carbocycles. The van der Waals surface area contributed by atoms with Crippen LogP contribution >= 0.6 is 7.82 Å². The monoisotopic (exact) mass is 876 g/mol. The first-order valence-electron chi connectivity index (χ1n) is 24.2. The highest BCUT2D eigenvalue weighted by Crippen LogP contribution is 2.62. The third kappa shape index (κ3) is 13.3. The number of hydrogen-bond acceptors (Lipinski definition) is 10. The number of carbonyl (C=O) groups excluding carboxylic acids is 2. The molecular formula is C48H82N3O9P. The van der Waals surface area contributed by atoms with Crippen molar-refractivity contribution in [3.05, 3.63) is 29.3 Å². The number of phosphoric acid groups is 1. The third-order valence-corrected chi connectivity index (χ3v) is 16.4. The van der Waals surface area contributed by atoms with Gasteiger partial charge in [-0.25, -0.2) is 4.57 Å². The molecular weight excluding hydrogens is 794 g/mol. The normalized spacial score (nSPS) is 30.3. The summed E-state index contributed by atoms with van der Waals surface area (Å²) in [5.74, 6) is 1.81. The molecule has 13 heteroatoms. The van der Waals surface area contributed by atoms with Crippen LogP contribution in [0.4, 0.5) is 0 Å². The van der Waals surface area contributed by atoms with Crippen LogP contribution in [-0.4, -0.2) is 81.3 Å². The van der Waals surface area contributed by atoms with Crippen molar-refractivity contribution in [3.8, 4) is 5.75 Å². The Bertz CT molecular complexity index is 1540. The van der Waals surface area contributed by atoms with Crippen LogP contribution in [-0.2, 0) is 39.1 Å². The van der Waals surface area contributed by atoms with Crippen LogP contribution in [0.2, 0.25) is 0 Å². The Morgan fingerprint density at radius 2 is 1.61 bits per heavy atom. The number of hydrogen-bond donors (Lipinski definition) is 4. The van der Waals surface area contributed by atoms with Crippen molar-refractivity contribution in [1.82, 2.24) is 10.6 Å². The Kier molecular flexibility index (Phi) is 19.9. The molecule has 2 amide bonds. The van der Waals surface area contributed by atoms with Crippen molar-refractivity contribution in [2.24, 2.45) is 40.7 Å². The molecule has 348 valence electrons. The van der Waals surface area contributed by atoms with Gasteiger partial charge in [0, 0.05) is 32.7 Å². The number of unbranched alkanes of at least 4 members (excludes halogenated alkanes) is 2. The van der Waals surface area contributed by atoms with E-state index in [1.165, 1.54) is 11.1 Å². The Morgan fingerprint density at radius 1 is 0.918 bits per heavy atom. The lowest BCUT2D eigenvalue weighted by Crippen LogP contribution is -2.55. The Balaban J connectivity index is 1.09. The lowest BCUT2D eigenvalue weighted by molar-refractivity contribution is -0.140. The van der Waals surface area contributed by atoms with E-state index in [0.717, 1.165) is 89.9 Å². The van der Waals surface area contributed by atoms with Crippen molar-refractivity contribution in [1.29, 1.82) is 0 Å². The van der Waals surface area contributed by atoms with Gasteiger partial charge in [0.1, 0.15) is 5.75 Å². The van der Waals surface area contributed by atoms with E-state index in [9.17, 15) is 19.3 Å². The average Bonchev–Trinajstić information content (AvgIpc) is 3.60. The molecule has 0 aromatic heterocycles. The number of aliphatic hydroxyl groups excluding tert-OH is 1. The maximum Gasteiger partial charge on any atom is 0.530 e. The van der Waals surface area contributed by atoms with Crippen molar-refractivity contribution >= 4 is 19.6 Å². The third-order valence-electron chi connectivity index (χ3n) is 15.1. The van der Waals surface area contributed by atoms with Gasteiger partial charge in [0.2, 0.25) is 11.8 Å². The number of nitrogens with one attached hydrogen (secondary N) is 2. The topological polar surface area (TPSA) is 168 Å². The van der Waals surface area contributed by atoms with E-state index in [1.807, 2.05) is 6.07 Å². The number of benzene rings is 1. The molecule has 3 fully saturated rings. The van der Waals surface area contributed by atoms with Gasteiger partial charge in [0.15, 0.2) is 0 Å². The molecule has 11 atom stereocenters. The van der Waals surface area contributed by atoms with Gasteiger partial charge in [-0.1, -0.05) is 79.2 Å². The molecule has 11 unspecified atom stereocenters. The minimum Gasteiger partial charge on any atom is -0.404 e. The van der Waals surface area contributed by atoms with E-state index in [2.05, 4.69) is 57.4 Å². The van der Waals surface area contributed by atoms with Crippen molar-refractivity contribution in [2.45, 2.75) is 180 Å². The van der Waals surface area contributed by atoms with Crippen LogP contribution < -0.4 is 20.9 Å². The second-order valence-corrected chi connectivity index (χ2v) is 20.6. The number of aliphatic hydroxyl groups is 1. The summed E-state index contributed by atoms with van der Waals surface area (Å²) < 4.78 is 44.8. The molecule has 0 heterocycles. The number of amides is 2. The zero-order valence-corrected chi connectivity index (χ0v) is 39.4. The van der Waals surface area contributed by atoms with E-state index < -0.39 is 25.9 Å². The largest absolute Gasteiger partial charge is 0.530 e. The Hall–Kier alpha value is -2.05. The van der Waals surface area contributed by atoms with E-state index in [4.69, 9.17) is 28.8 Å². The molecule has 1 aromatic carbocycles. The number of aryl methyl sites for hydroxylation is 1. The van der Waals surface area contributed by atoms with E-state index in [1.54, 1.807) is 7.11 Å². The van der Waals surface area contributed by atoms with Gasteiger partial charge in [-0.05, 0) is 129 Å². The van der Waals surface area contributed by atoms with Crippen LogP contribution in [0.15, 0.2) is 18.2 Å². The summed E-state index contributed by atoms with van der Waals surface area (Å²) in [6.07, 6.45) is 15.9. The minimum absolute atomic E-state index is 0.0566.